The molecule has 2 heterocycles. The van der Waals surface area contributed by atoms with E-state index >= 15 is 0 Å². The molecule has 0 aliphatic carbocycles. The van der Waals surface area contributed by atoms with Crippen LogP contribution in [0.25, 0.3) is 0 Å². The highest BCUT2D eigenvalue weighted by atomic mass is 16.5. The molecule has 2 rings (SSSR count). The zero-order valence-corrected chi connectivity index (χ0v) is 9.93. The SMILES string of the molecule is CC1OCCC1N(C)C(CN)c1ccco1. The lowest BCUT2D eigenvalue weighted by molar-refractivity contribution is 0.0642. The third-order valence-electron chi connectivity index (χ3n) is 3.45. The Morgan fingerprint density at radius 2 is 2.44 bits per heavy atom. The van der Waals surface area contributed by atoms with Crippen molar-refractivity contribution in [3.8, 4) is 0 Å². The summed E-state index contributed by atoms with van der Waals surface area (Å²) in [6, 6.07) is 4.46. The molecule has 0 amide bonds. The van der Waals surface area contributed by atoms with E-state index in [1.165, 1.54) is 0 Å². The number of hydrogen-bond donors (Lipinski definition) is 1. The second kappa shape index (κ2) is 4.99. The molecule has 0 spiro atoms. The fourth-order valence-corrected chi connectivity index (χ4v) is 2.45. The van der Waals surface area contributed by atoms with Gasteiger partial charge in [0.05, 0.1) is 18.4 Å². The Morgan fingerprint density at radius 3 is 2.94 bits per heavy atom. The molecule has 90 valence electrons. The van der Waals surface area contributed by atoms with E-state index in [9.17, 15) is 0 Å². The molecule has 2 N–H and O–H groups in total. The summed E-state index contributed by atoms with van der Waals surface area (Å²) in [5.41, 5.74) is 5.84. The van der Waals surface area contributed by atoms with Crippen LogP contribution in [0.2, 0.25) is 0 Å². The molecule has 1 aliphatic rings. The Bertz CT molecular complexity index is 313. The lowest BCUT2D eigenvalue weighted by Gasteiger charge is -2.32. The first kappa shape index (κ1) is 11.6. The van der Waals surface area contributed by atoms with E-state index in [4.69, 9.17) is 14.9 Å². The highest BCUT2D eigenvalue weighted by Crippen LogP contribution is 2.27. The fourth-order valence-electron chi connectivity index (χ4n) is 2.45. The predicted octanol–water partition coefficient (Wildman–Crippen LogP) is 1.39. The van der Waals surface area contributed by atoms with Crippen LogP contribution in [0.1, 0.15) is 25.1 Å². The van der Waals surface area contributed by atoms with E-state index in [-0.39, 0.29) is 12.1 Å². The molecule has 1 saturated heterocycles. The number of nitrogens with two attached hydrogens (primary N) is 1. The molecule has 3 atom stereocenters. The largest absolute Gasteiger partial charge is 0.468 e. The van der Waals surface area contributed by atoms with Gasteiger partial charge in [-0.15, -0.1) is 0 Å². The van der Waals surface area contributed by atoms with Gasteiger partial charge in [-0.25, -0.2) is 0 Å². The van der Waals surface area contributed by atoms with Crippen molar-refractivity contribution in [1.82, 2.24) is 4.90 Å². The maximum absolute atomic E-state index is 5.84. The molecule has 0 saturated carbocycles. The van der Waals surface area contributed by atoms with E-state index in [1.807, 2.05) is 12.1 Å². The molecule has 0 bridgehead atoms. The van der Waals surface area contributed by atoms with Crippen LogP contribution in [0.3, 0.4) is 0 Å². The summed E-state index contributed by atoms with van der Waals surface area (Å²) in [4.78, 5) is 2.27. The molecule has 1 aromatic rings. The second-order valence-electron chi connectivity index (χ2n) is 4.36. The first-order chi connectivity index (χ1) is 7.74. The quantitative estimate of drug-likeness (QED) is 0.839. The van der Waals surface area contributed by atoms with Crippen LogP contribution in [0.15, 0.2) is 22.8 Å². The Hall–Kier alpha value is -0.840. The number of likely N-dealkylation sites (N-methyl/N-ethyl adjacent to an activating group) is 1. The van der Waals surface area contributed by atoms with E-state index in [2.05, 4.69) is 18.9 Å². The fraction of sp³-hybridized carbons (Fsp3) is 0.667. The van der Waals surface area contributed by atoms with Gasteiger partial charge in [-0.1, -0.05) is 0 Å². The third-order valence-corrected chi connectivity index (χ3v) is 3.45. The van der Waals surface area contributed by atoms with Crippen molar-refractivity contribution in [2.24, 2.45) is 5.73 Å². The monoisotopic (exact) mass is 224 g/mol. The van der Waals surface area contributed by atoms with E-state index < -0.39 is 0 Å². The molecule has 0 aromatic carbocycles. The third kappa shape index (κ3) is 2.14. The molecule has 1 aliphatic heterocycles. The Morgan fingerprint density at radius 1 is 1.62 bits per heavy atom. The Labute approximate surface area is 96.4 Å². The summed E-state index contributed by atoms with van der Waals surface area (Å²) in [5, 5.41) is 0. The molecule has 1 aromatic heterocycles. The van der Waals surface area contributed by atoms with Gasteiger partial charge in [0, 0.05) is 19.2 Å². The average molecular weight is 224 g/mol. The van der Waals surface area contributed by atoms with Gasteiger partial charge in [-0.05, 0) is 32.5 Å². The predicted molar refractivity (Wildman–Crippen MR) is 62.1 cm³/mol. The van der Waals surface area contributed by atoms with Crippen molar-refractivity contribution in [1.29, 1.82) is 0 Å². The molecule has 4 nitrogen and oxygen atoms in total. The minimum Gasteiger partial charge on any atom is -0.468 e. The molecule has 3 unspecified atom stereocenters. The first-order valence-corrected chi connectivity index (χ1v) is 5.81. The van der Waals surface area contributed by atoms with Gasteiger partial charge < -0.3 is 14.9 Å². The summed E-state index contributed by atoms with van der Waals surface area (Å²) in [6.07, 6.45) is 3.03. The summed E-state index contributed by atoms with van der Waals surface area (Å²) in [7, 11) is 2.09. The first-order valence-electron chi connectivity index (χ1n) is 5.81. The van der Waals surface area contributed by atoms with Crippen LogP contribution in [-0.4, -0.2) is 37.2 Å². The van der Waals surface area contributed by atoms with Crippen LogP contribution in [0, 0.1) is 0 Å². The zero-order valence-electron chi connectivity index (χ0n) is 9.93. The Kier molecular flexibility index (Phi) is 3.63. The van der Waals surface area contributed by atoms with Crippen LogP contribution >= 0.6 is 0 Å². The van der Waals surface area contributed by atoms with E-state index in [0.717, 1.165) is 18.8 Å². The number of ether oxygens (including phenoxy) is 1. The molecular weight excluding hydrogens is 204 g/mol. The van der Waals surface area contributed by atoms with Gasteiger partial charge >= 0.3 is 0 Å². The summed E-state index contributed by atoms with van der Waals surface area (Å²) < 4.78 is 11.0. The summed E-state index contributed by atoms with van der Waals surface area (Å²) >= 11 is 0. The maximum atomic E-state index is 5.84. The molecule has 16 heavy (non-hydrogen) atoms. The van der Waals surface area contributed by atoms with Gasteiger partial charge in [0.15, 0.2) is 0 Å². The smallest absolute Gasteiger partial charge is 0.122 e. The topological polar surface area (TPSA) is 51.6 Å². The van der Waals surface area contributed by atoms with Gasteiger partial charge in [-0.3, -0.25) is 4.90 Å². The van der Waals surface area contributed by atoms with Gasteiger partial charge in [0.25, 0.3) is 0 Å². The van der Waals surface area contributed by atoms with Gasteiger partial charge in [0.1, 0.15) is 5.76 Å². The minimum absolute atomic E-state index is 0.143. The lowest BCUT2D eigenvalue weighted by Crippen LogP contribution is -2.41. The van der Waals surface area contributed by atoms with Crippen molar-refractivity contribution in [2.45, 2.75) is 31.5 Å². The van der Waals surface area contributed by atoms with Crippen molar-refractivity contribution >= 4 is 0 Å². The number of hydrogen-bond acceptors (Lipinski definition) is 4. The zero-order chi connectivity index (χ0) is 11.5. The highest BCUT2D eigenvalue weighted by molar-refractivity contribution is 5.06. The average Bonchev–Trinajstić information content (AvgIpc) is 2.90. The normalized spacial score (nSPS) is 27.5. The van der Waals surface area contributed by atoms with Crippen molar-refractivity contribution < 1.29 is 9.15 Å². The van der Waals surface area contributed by atoms with Gasteiger partial charge in [0.2, 0.25) is 0 Å². The maximum Gasteiger partial charge on any atom is 0.122 e. The van der Waals surface area contributed by atoms with Crippen LogP contribution in [-0.2, 0) is 4.74 Å². The number of rotatable bonds is 4. The number of nitrogens with zero attached hydrogens (tertiary/aromatic N) is 1. The molecule has 1 fully saturated rings. The second-order valence-corrected chi connectivity index (χ2v) is 4.36. The van der Waals surface area contributed by atoms with Crippen LogP contribution in [0.4, 0.5) is 0 Å². The highest BCUT2D eigenvalue weighted by Gasteiger charge is 2.32. The van der Waals surface area contributed by atoms with Crippen molar-refractivity contribution in [2.75, 3.05) is 20.2 Å². The van der Waals surface area contributed by atoms with E-state index in [0.29, 0.717) is 12.6 Å². The van der Waals surface area contributed by atoms with Crippen molar-refractivity contribution in [3.05, 3.63) is 24.2 Å². The standard InChI is InChI=1S/C12H20N2O2/c1-9-10(5-7-15-9)14(2)11(8-13)12-4-3-6-16-12/h3-4,6,9-11H,5,7-8,13H2,1-2H3. The van der Waals surface area contributed by atoms with Crippen LogP contribution in [0.5, 0.6) is 0 Å². The van der Waals surface area contributed by atoms with Crippen LogP contribution < -0.4 is 5.73 Å². The van der Waals surface area contributed by atoms with Gasteiger partial charge in [-0.2, -0.15) is 0 Å². The Balaban J connectivity index is 2.09. The lowest BCUT2D eigenvalue weighted by atomic mass is 10.1. The van der Waals surface area contributed by atoms with Crippen molar-refractivity contribution in [3.63, 3.8) is 0 Å². The summed E-state index contributed by atoms with van der Waals surface area (Å²) in [5.74, 6) is 0.934. The molecule has 4 heteroatoms. The summed E-state index contributed by atoms with van der Waals surface area (Å²) in [6.45, 7) is 3.52. The number of furan rings is 1. The molecular formula is C12H20N2O2. The minimum atomic E-state index is 0.143. The molecule has 0 radical (unpaired) electrons. The van der Waals surface area contributed by atoms with E-state index in [1.54, 1.807) is 6.26 Å².